The van der Waals surface area contributed by atoms with E-state index in [1.165, 1.54) is 6.07 Å². The summed E-state index contributed by atoms with van der Waals surface area (Å²) < 4.78 is 55.0. The summed E-state index contributed by atoms with van der Waals surface area (Å²) in [5.74, 6) is -1.28. The van der Waals surface area contributed by atoms with Gasteiger partial charge in [0.1, 0.15) is 11.5 Å². The molecule has 2 aromatic heterocycles. The molecule has 134 valence electrons. The molecule has 0 spiro atoms. The van der Waals surface area contributed by atoms with Crippen LogP contribution in [-0.2, 0) is 19.1 Å². The van der Waals surface area contributed by atoms with Crippen LogP contribution in [0, 0.1) is 12.7 Å². The van der Waals surface area contributed by atoms with E-state index in [-0.39, 0.29) is 0 Å². The minimum Gasteiger partial charge on any atom is -0.268 e. The number of aryl methyl sites for hydroxylation is 2. The monoisotopic (exact) mass is 361 g/mol. The van der Waals surface area contributed by atoms with Gasteiger partial charge in [-0.05, 0) is 49.6 Å². The number of fused-ring (bicyclic) bond motifs is 1. The Balaban J connectivity index is 1.95. The highest BCUT2D eigenvalue weighted by Gasteiger charge is 2.35. The maximum atomic E-state index is 13.7. The number of alkyl halides is 3. The highest BCUT2D eigenvalue weighted by molar-refractivity contribution is 5.82. The molecule has 0 amide bonds. The maximum Gasteiger partial charge on any atom is 0.419 e. The van der Waals surface area contributed by atoms with Crippen LogP contribution in [0.15, 0.2) is 36.4 Å². The summed E-state index contributed by atoms with van der Waals surface area (Å²) in [6, 6.07) is 8.56. The van der Waals surface area contributed by atoms with Crippen molar-refractivity contribution in [1.82, 2.24) is 14.8 Å². The van der Waals surface area contributed by atoms with Crippen molar-refractivity contribution < 1.29 is 17.6 Å². The standard InChI is InChI=1S/C19H15F4N3/c1-11-4-2-5-15(24-11)18-17(16-6-3-9-26(16)25-18)12-7-8-14(20)13(10-12)19(21,22)23/h2,4-5,7-8,10H,3,6,9H2,1H3. The number of halogens is 4. The quantitative estimate of drug-likeness (QED) is 0.600. The second-order valence-electron chi connectivity index (χ2n) is 6.35. The molecule has 0 atom stereocenters. The highest BCUT2D eigenvalue weighted by Crippen LogP contribution is 2.40. The lowest BCUT2D eigenvalue weighted by Gasteiger charge is -2.11. The molecule has 3 heterocycles. The van der Waals surface area contributed by atoms with Gasteiger partial charge in [-0.3, -0.25) is 9.67 Å². The SMILES string of the molecule is Cc1cccc(-c2nn3c(c2-c2ccc(F)c(C(F)(F)F)c2)CCC3)n1. The highest BCUT2D eigenvalue weighted by atomic mass is 19.4. The molecule has 1 aromatic carbocycles. The Kier molecular flexibility index (Phi) is 3.82. The number of hydrogen-bond donors (Lipinski definition) is 0. The van der Waals surface area contributed by atoms with Crippen LogP contribution < -0.4 is 0 Å². The predicted molar refractivity (Wildman–Crippen MR) is 88.9 cm³/mol. The van der Waals surface area contributed by atoms with Crippen LogP contribution in [-0.4, -0.2) is 14.8 Å². The predicted octanol–water partition coefficient (Wildman–Crippen LogP) is 5.02. The summed E-state index contributed by atoms with van der Waals surface area (Å²) in [5.41, 5.74) is 2.42. The number of benzene rings is 1. The first-order chi connectivity index (χ1) is 12.3. The van der Waals surface area contributed by atoms with E-state index in [0.717, 1.165) is 29.9 Å². The van der Waals surface area contributed by atoms with Gasteiger partial charge < -0.3 is 0 Å². The van der Waals surface area contributed by atoms with Crippen LogP contribution >= 0.6 is 0 Å². The van der Waals surface area contributed by atoms with Gasteiger partial charge in [-0.25, -0.2) is 4.39 Å². The zero-order valence-electron chi connectivity index (χ0n) is 13.9. The second-order valence-corrected chi connectivity index (χ2v) is 6.35. The van der Waals surface area contributed by atoms with E-state index in [0.29, 0.717) is 35.5 Å². The Bertz CT molecular complexity index is 989. The molecule has 1 aliphatic rings. The zero-order chi connectivity index (χ0) is 18.5. The van der Waals surface area contributed by atoms with Crippen LogP contribution in [0.2, 0.25) is 0 Å². The third-order valence-electron chi connectivity index (χ3n) is 4.53. The Morgan fingerprint density at radius 3 is 2.65 bits per heavy atom. The topological polar surface area (TPSA) is 30.7 Å². The van der Waals surface area contributed by atoms with Crippen molar-refractivity contribution in [3.8, 4) is 22.5 Å². The van der Waals surface area contributed by atoms with Gasteiger partial charge in [0.15, 0.2) is 0 Å². The van der Waals surface area contributed by atoms with Crippen molar-refractivity contribution in [2.45, 2.75) is 32.5 Å². The summed E-state index contributed by atoms with van der Waals surface area (Å²) in [6.07, 6.45) is -3.16. The normalized spacial score (nSPS) is 13.9. The number of rotatable bonds is 2. The van der Waals surface area contributed by atoms with Gasteiger partial charge in [0.2, 0.25) is 0 Å². The first-order valence-electron chi connectivity index (χ1n) is 8.25. The molecule has 0 saturated heterocycles. The molecule has 7 heteroatoms. The molecule has 3 nitrogen and oxygen atoms in total. The van der Waals surface area contributed by atoms with Gasteiger partial charge in [0, 0.05) is 23.5 Å². The van der Waals surface area contributed by atoms with E-state index in [4.69, 9.17) is 0 Å². The molecule has 0 aliphatic carbocycles. The molecule has 0 bridgehead atoms. The van der Waals surface area contributed by atoms with Gasteiger partial charge >= 0.3 is 6.18 Å². The van der Waals surface area contributed by atoms with Crippen molar-refractivity contribution >= 4 is 0 Å². The van der Waals surface area contributed by atoms with Crippen molar-refractivity contribution in [2.75, 3.05) is 0 Å². The van der Waals surface area contributed by atoms with Crippen molar-refractivity contribution in [3.05, 3.63) is 59.2 Å². The van der Waals surface area contributed by atoms with Crippen molar-refractivity contribution in [3.63, 3.8) is 0 Å². The Morgan fingerprint density at radius 2 is 1.92 bits per heavy atom. The number of pyridine rings is 1. The minimum atomic E-state index is -4.75. The summed E-state index contributed by atoms with van der Waals surface area (Å²) in [6.45, 7) is 2.55. The summed E-state index contributed by atoms with van der Waals surface area (Å²) in [7, 11) is 0. The molecule has 26 heavy (non-hydrogen) atoms. The van der Waals surface area contributed by atoms with E-state index in [2.05, 4.69) is 10.1 Å². The van der Waals surface area contributed by atoms with E-state index in [9.17, 15) is 17.6 Å². The van der Waals surface area contributed by atoms with Gasteiger partial charge in [-0.1, -0.05) is 12.1 Å². The minimum absolute atomic E-state index is 0.306. The van der Waals surface area contributed by atoms with Gasteiger partial charge in [0.25, 0.3) is 0 Å². The molecule has 0 fully saturated rings. The third kappa shape index (κ3) is 2.77. The number of aromatic nitrogens is 3. The molecular weight excluding hydrogens is 346 g/mol. The third-order valence-corrected chi connectivity index (χ3v) is 4.53. The summed E-state index contributed by atoms with van der Waals surface area (Å²) in [5, 5.41) is 4.57. The maximum absolute atomic E-state index is 13.7. The Labute approximate surface area is 147 Å². The van der Waals surface area contributed by atoms with Crippen LogP contribution in [0.1, 0.15) is 23.4 Å². The molecule has 0 unspecified atom stereocenters. The average molecular weight is 361 g/mol. The van der Waals surface area contributed by atoms with Crippen LogP contribution in [0.5, 0.6) is 0 Å². The molecule has 0 N–H and O–H groups in total. The molecule has 1 aliphatic heterocycles. The fraction of sp³-hybridized carbons (Fsp3) is 0.263. The van der Waals surface area contributed by atoms with Gasteiger partial charge in [0.05, 0.1) is 11.3 Å². The molecule has 3 aromatic rings. The number of nitrogens with zero attached hydrogens (tertiary/aromatic N) is 3. The van der Waals surface area contributed by atoms with Gasteiger partial charge in [-0.2, -0.15) is 18.3 Å². The van der Waals surface area contributed by atoms with Crippen LogP contribution in [0.4, 0.5) is 17.6 Å². The summed E-state index contributed by atoms with van der Waals surface area (Å²) in [4.78, 5) is 4.46. The van der Waals surface area contributed by atoms with Crippen LogP contribution in [0.3, 0.4) is 0 Å². The molecule has 0 saturated carbocycles. The van der Waals surface area contributed by atoms with Crippen molar-refractivity contribution in [1.29, 1.82) is 0 Å². The smallest absolute Gasteiger partial charge is 0.268 e. The number of hydrogen-bond acceptors (Lipinski definition) is 2. The molecular formula is C19H15F4N3. The van der Waals surface area contributed by atoms with Crippen molar-refractivity contribution in [2.24, 2.45) is 0 Å². The lowest BCUT2D eigenvalue weighted by Crippen LogP contribution is -2.08. The Morgan fingerprint density at radius 1 is 1.12 bits per heavy atom. The molecule has 0 radical (unpaired) electrons. The van der Waals surface area contributed by atoms with E-state index in [1.54, 1.807) is 6.07 Å². The first-order valence-corrected chi connectivity index (χ1v) is 8.25. The van der Waals surface area contributed by atoms with Crippen LogP contribution in [0.25, 0.3) is 22.5 Å². The first kappa shape index (κ1) is 16.8. The summed E-state index contributed by atoms with van der Waals surface area (Å²) >= 11 is 0. The van der Waals surface area contributed by atoms with Gasteiger partial charge in [-0.15, -0.1) is 0 Å². The van der Waals surface area contributed by atoms with E-state index < -0.39 is 17.6 Å². The lowest BCUT2D eigenvalue weighted by molar-refractivity contribution is -0.139. The van der Waals surface area contributed by atoms with E-state index >= 15 is 0 Å². The van der Waals surface area contributed by atoms with E-state index in [1.807, 2.05) is 23.7 Å². The Hall–Kier alpha value is -2.70. The fourth-order valence-electron chi connectivity index (χ4n) is 3.39. The zero-order valence-corrected chi connectivity index (χ0v) is 13.9. The second kappa shape index (κ2) is 5.93. The fourth-order valence-corrected chi connectivity index (χ4v) is 3.39. The largest absolute Gasteiger partial charge is 0.419 e. The lowest BCUT2D eigenvalue weighted by atomic mass is 9.97. The molecule has 4 rings (SSSR count). The average Bonchev–Trinajstić information content (AvgIpc) is 3.15.